The van der Waals surface area contributed by atoms with Gasteiger partial charge in [0, 0.05) is 30.4 Å². The number of hydrogen-bond donors (Lipinski definition) is 3. The molecular formula is C18H22N2O3S. The van der Waals surface area contributed by atoms with Crippen molar-refractivity contribution in [3.05, 3.63) is 41.3 Å². The SMILES string of the molecule is CCOc1cc(-c2ccccc2)sc1C(=O)NCC1CNCC1O. The minimum atomic E-state index is -0.403. The van der Waals surface area contributed by atoms with Crippen molar-refractivity contribution in [2.45, 2.75) is 13.0 Å². The number of hydrogen-bond acceptors (Lipinski definition) is 5. The molecule has 0 saturated carbocycles. The first-order valence-electron chi connectivity index (χ1n) is 8.18. The van der Waals surface area contributed by atoms with Gasteiger partial charge in [0.25, 0.3) is 5.91 Å². The second-order valence-electron chi connectivity index (χ2n) is 5.80. The zero-order valence-electron chi connectivity index (χ0n) is 13.6. The Labute approximate surface area is 145 Å². The molecule has 0 bridgehead atoms. The third-order valence-electron chi connectivity index (χ3n) is 4.09. The van der Waals surface area contributed by atoms with E-state index in [4.69, 9.17) is 4.74 Å². The molecule has 1 aliphatic rings. The molecule has 3 N–H and O–H groups in total. The normalized spacial score (nSPS) is 20.1. The van der Waals surface area contributed by atoms with E-state index in [9.17, 15) is 9.90 Å². The monoisotopic (exact) mass is 346 g/mol. The van der Waals surface area contributed by atoms with Crippen LogP contribution in [0.5, 0.6) is 5.75 Å². The molecule has 1 amide bonds. The number of amides is 1. The van der Waals surface area contributed by atoms with Gasteiger partial charge in [0.05, 0.1) is 12.7 Å². The smallest absolute Gasteiger partial charge is 0.265 e. The number of carbonyl (C=O) groups is 1. The number of aliphatic hydroxyl groups excluding tert-OH is 1. The molecule has 1 aliphatic heterocycles. The molecule has 128 valence electrons. The van der Waals surface area contributed by atoms with E-state index < -0.39 is 6.10 Å². The average Bonchev–Trinajstić information content (AvgIpc) is 3.20. The highest BCUT2D eigenvalue weighted by atomic mass is 32.1. The Bertz CT molecular complexity index is 687. The predicted octanol–water partition coefficient (Wildman–Crippen LogP) is 2.12. The van der Waals surface area contributed by atoms with Crippen LogP contribution in [0.3, 0.4) is 0 Å². The van der Waals surface area contributed by atoms with Gasteiger partial charge < -0.3 is 20.5 Å². The van der Waals surface area contributed by atoms with Crippen LogP contribution in [0.2, 0.25) is 0 Å². The van der Waals surface area contributed by atoms with E-state index in [-0.39, 0.29) is 11.8 Å². The first-order valence-corrected chi connectivity index (χ1v) is 8.99. The average molecular weight is 346 g/mol. The van der Waals surface area contributed by atoms with Crippen LogP contribution in [0.1, 0.15) is 16.6 Å². The Hall–Kier alpha value is -1.89. The molecule has 1 fully saturated rings. The van der Waals surface area contributed by atoms with Crippen LogP contribution in [0, 0.1) is 5.92 Å². The van der Waals surface area contributed by atoms with Gasteiger partial charge in [-0.05, 0) is 18.6 Å². The summed E-state index contributed by atoms with van der Waals surface area (Å²) < 4.78 is 5.64. The Morgan fingerprint density at radius 1 is 1.38 bits per heavy atom. The van der Waals surface area contributed by atoms with Crippen LogP contribution < -0.4 is 15.4 Å². The van der Waals surface area contributed by atoms with E-state index in [2.05, 4.69) is 10.6 Å². The van der Waals surface area contributed by atoms with Crippen molar-refractivity contribution in [2.75, 3.05) is 26.2 Å². The second kappa shape index (κ2) is 7.79. The van der Waals surface area contributed by atoms with Gasteiger partial charge in [0.2, 0.25) is 0 Å². The molecule has 1 saturated heterocycles. The van der Waals surface area contributed by atoms with E-state index in [1.54, 1.807) is 0 Å². The third-order valence-corrected chi connectivity index (χ3v) is 5.26. The summed E-state index contributed by atoms with van der Waals surface area (Å²) in [6.07, 6.45) is -0.403. The fourth-order valence-corrected chi connectivity index (χ4v) is 3.79. The fraction of sp³-hybridized carbons (Fsp3) is 0.389. The van der Waals surface area contributed by atoms with Crippen molar-refractivity contribution in [2.24, 2.45) is 5.92 Å². The predicted molar refractivity (Wildman–Crippen MR) is 95.6 cm³/mol. The van der Waals surface area contributed by atoms with Crippen molar-refractivity contribution in [3.63, 3.8) is 0 Å². The fourth-order valence-electron chi connectivity index (χ4n) is 2.77. The number of β-amino-alcohol motifs (C(OH)–C–C–N with tert-alkyl or cyclic N) is 1. The maximum Gasteiger partial charge on any atom is 0.265 e. The number of benzene rings is 1. The lowest BCUT2D eigenvalue weighted by Gasteiger charge is -2.14. The lowest BCUT2D eigenvalue weighted by Crippen LogP contribution is -2.34. The van der Waals surface area contributed by atoms with E-state index in [1.807, 2.05) is 43.3 Å². The summed E-state index contributed by atoms with van der Waals surface area (Å²) in [7, 11) is 0. The van der Waals surface area contributed by atoms with Gasteiger partial charge in [-0.1, -0.05) is 30.3 Å². The van der Waals surface area contributed by atoms with E-state index >= 15 is 0 Å². The summed E-state index contributed by atoms with van der Waals surface area (Å²) in [4.78, 5) is 14.2. The quantitative estimate of drug-likeness (QED) is 0.749. The maximum atomic E-state index is 12.6. The first-order chi connectivity index (χ1) is 11.7. The molecule has 2 aromatic rings. The molecule has 1 aromatic heterocycles. The minimum absolute atomic E-state index is 0.0537. The largest absolute Gasteiger partial charge is 0.492 e. The highest BCUT2D eigenvalue weighted by Gasteiger charge is 2.26. The van der Waals surface area contributed by atoms with E-state index in [0.717, 1.165) is 17.0 Å². The minimum Gasteiger partial charge on any atom is -0.492 e. The van der Waals surface area contributed by atoms with Crippen molar-refractivity contribution in [1.82, 2.24) is 10.6 Å². The van der Waals surface area contributed by atoms with Gasteiger partial charge in [-0.25, -0.2) is 0 Å². The summed E-state index contributed by atoms with van der Waals surface area (Å²) >= 11 is 1.43. The first kappa shape index (κ1) is 17.0. The Morgan fingerprint density at radius 2 is 2.17 bits per heavy atom. The second-order valence-corrected chi connectivity index (χ2v) is 6.85. The zero-order chi connectivity index (χ0) is 16.9. The van der Waals surface area contributed by atoms with Crippen LogP contribution in [0.25, 0.3) is 10.4 Å². The summed E-state index contributed by atoms with van der Waals surface area (Å²) in [5.41, 5.74) is 1.07. The van der Waals surface area contributed by atoms with Crippen LogP contribution in [0.4, 0.5) is 0 Å². The van der Waals surface area contributed by atoms with Crippen LogP contribution in [-0.2, 0) is 0 Å². The van der Waals surface area contributed by atoms with Gasteiger partial charge >= 0.3 is 0 Å². The molecular weight excluding hydrogens is 324 g/mol. The highest BCUT2D eigenvalue weighted by Crippen LogP contribution is 2.36. The van der Waals surface area contributed by atoms with Gasteiger partial charge in [-0.3, -0.25) is 4.79 Å². The van der Waals surface area contributed by atoms with Gasteiger partial charge in [0.1, 0.15) is 10.6 Å². The number of nitrogens with one attached hydrogen (secondary N) is 2. The number of carbonyl (C=O) groups excluding carboxylic acids is 1. The van der Waals surface area contributed by atoms with Gasteiger partial charge in [0.15, 0.2) is 0 Å². The summed E-state index contributed by atoms with van der Waals surface area (Å²) in [5, 5.41) is 15.9. The van der Waals surface area contributed by atoms with E-state index in [1.165, 1.54) is 11.3 Å². The van der Waals surface area contributed by atoms with Gasteiger partial charge in [-0.15, -0.1) is 11.3 Å². The Balaban J connectivity index is 1.75. The molecule has 0 spiro atoms. The third kappa shape index (κ3) is 3.77. The Morgan fingerprint density at radius 3 is 2.83 bits per heavy atom. The Kier molecular flexibility index (Phi) is 5.50. The molecule has 24 heavy (non-hydrogen) atoms. The number of aliphatic hydroxyl groups is 1. The molecule has 6 heteroatoms. The van der Waals surface area contributed by atoms with Crippen molar-refractivity contribution < 1.29 is 14.6 Å². The van der Waals surface area contributed by atoms with E-state index in [0.29, 0.717) is 30.3 Å². The number of ether oxygens (including phenoxy) is 1. The number of thiophene rings is 1. The standard InChI is InChI=1S/C18H22N2O3S/c1-2-23-15-8-16(12-6-4-3-5-7-12)24-17(15)18(22)20-10-13-9-19-11-14(13)21/h3-8,13-14,19,21H,2,9-11H2,1H3,(H,20,22). The molecule has 2 unspecified atom stereocenters. The highest BCUT2D eigenvalue weighted by molar-refractivity contribution is 7.17. The molecule has 3 rings (SSSR count). The van der Waals surface area contributed by atoms with Crippen molar-refractivity contribution >= 4 is 17.2 Å². The topological polar surface area (TPSA) is 70.6 Å². The lowest BCUT2D eigenvalue weighted by molar-refractivity contribution is 0.0928. The number of rotatable bonds is 6. The zero-order valence-corrected chi connectivity index (χ0v) is 14.4. The van der Waals surface area contributed by atoms with Crippen LogP contribution in [0.15, 0.2) is 36.4 Å². The van der Waals surface area contributed by atoms with Gasteiger partial charge in [-0.2, -0.15) is 0 Å². The summed E-state index contributed by atoms with van der Waals surface area (Å²) in [6, 6.07) is 11.9. The van der Waals surface area contributed by atoms with Crippen LogP contribution in [-0.4, -0.2) is 43.4 Å². The molecule has 0 aliphatic carbocycles. The van der Waals surface area contributed by atoms with Crippen LogP contribution >= 0.6 is 11.3 Å². The lowest BCUT2D eigenvalue weighted by atomic mass is 10.1. The van der Waals surface area contributed by atoms with Crippen molar-refractivity contribution in [1.29, 1.82) is 0 Å². The summed E-state index contributed by atoms with van der Waals surface area (Å²) in [5.74, 6) is 0.520. The maximum absolute atomic E-state index is 12.6. The summed E-state index contributed by atoms with van der Waals surface area (Å²) in [6.45, 7) is 4.18. The molecule has 2 heterocycles. The molecule has 2 atom stereocenters. The van der Waals surface area contributed by atoms with Crippen molar-refractivity contribution in [3.8, 4) is 16.2 Å². The molecule has 5 nitrogen and oxygen atoms in total. The molecule has 0 radical (unpaired) electrons. The molecule has 1 aromatic carbocycles.